The molecule has 0 atom stereocenters. The summed E-state index contributed by atoms with van der Waals surface area (Å²) in [5.74, 6) is 0. The summed E-state index contributed by atoms with van der Waals surface area (Å²) >= 11 is 0. The summed E-state index contributed by atoms with van der Waals surface area (Å²) < 4.78 is 0. The third-order valence-corrected chi connectivity index (χ3v) is 2.17. The Kier molecular flexibility index (Phi) is 8.99. The number of rotatable bonds is 3. The molecule has 3 heteroatoms. The van der Waals surface area contributed by atoms with E-state index in [1.807, 2.05) is 73.8 Å². The predicted molar refractivity (Wildman–Crippen MR) is 70.7 cm³/mol. The molecule has 0 N–H and O–H groups in total. The van der Waals surface area contributed by atoms with Gasteiger partial charge in [-0.1, -0.05) is 6.07 Å². The van der Waals surface area contributed by atoms with E-state index in [1.165, 1.54) is 0 Å². The second kappa shape index (κ2) is 9.70. The first kappa shape index (κ1) is 16.7. The van der Waals surface area contributed by atoms with Gasteiger partial charge in [0.25, 0.3) is 0 Å². The second-order valence-electron chi connectivity index (χ2n) is 3.96. The largest absolute Gasteiger partial charge is 0.376 e. The molecule has 2 aromatic rings. The number of hydrogen-bond acceptors (Lipinski definition) is 2. The third kappa shape index (κ3) is 6.43. The summed E-state index contributed by atoms with van der Waals surface area (Å²) in [6.45, 7) is 0.783. The molecule has 0 radical (unpaired) electrons. The van der Waals surface area contributed by atoms with Crippen molar-refractivity contribution < 1.29 is 21.3 Å². The number of benzene rings is 1. The molecule has 0 saturated heterocycles. The van der Waals surface area contributed by atoms with Gasteiger partial charge in [0, 0.05) is 16.5 Å². The zero-order chi connectivity index (χ0) is 12.5. The SMILES string of the molecule is CN(C)Cc1ccccc1[C-]=O.[Ni].c1cc[cH-]c1. The van der Waals surface area contributed by atoms with Crippen LogP contribution in [0.1, 0.15) is 11.1 Å². The topological polar surface area (TPSA) is 20.3 Å². The molecule has 0 amide bonds. The Balaban J connectivity index is 0.000000405. The molecule has 0 fully saturated rings. The Morgan fingerprint density at radius 1 is 1.11 bits per heavy atom. The molecule has 0 heterocycles. The van der Waals surface area contributed by atoms with Gasteiger partial charge in [-0.2, -0.15) is 24.3 Å². The Labute approximate surface area is 119 Å². The van der Waals surface area contributed by atoms with Crippen molar-refractivity contribution in [2.24, 2.45) is 0 Å². The van der Waals surface area contributed by atoms with Crippen LogP contribution in [-0.4, -0.2) is 25.3 Å². The summed E-state index contributed by atoms with van der Waals surface area (Å²) in [4.78, 5) is 12.5. The molecular weight excluding hydrogens is 269 g/mol. The fourth-order valence-corrected chi connectivity index (χ4v) is 1.42. The number of hydrogen-bond donors (Lipinski definition) is 0. The summed E-state index contributed by atoms with van der Waals surface area (Å²) in [6.07, 6.45) is 1.92. The maximum Gasteiger partial charge on any atom is 0.0630 e. The van der Waals surface area contributed by atoms with Crippen molar-refractivity contribution in [3.8, 4) is 0 Å². The monoisotopic (exact) mass is 285 g/mol. The van der Waals surface area contributed by atoms with Crippen LogP contribution in [0.4, 0.5) is 0 Å². The second-order valence-corrected chi connectivity index (χ2v) is 3.96. The molecule has 18 heavy (non-hydrogen) atoms. The van der Waals surface area contributed by atoms with E-state index in [-0.39, 0.29) is 16.5 Å². The molecule has 0 aromatic heterocycles. The summed E-state index contributed by atoms with van der Waals surface area (Å²) in [5.41, 5.74) is 1.68. The van der Waals surface area contributed by atoms with Gasteiger partial charge in [-0.25, -0.2) is 12.1 Å². The van der Waals surface area contributed by atoms with Gasteiger partial charge >= 0.3 is 0 Å². The molecule has 0 saturated carbocycles. The van der Waals surface area contributed by atoms with Crippen molar-refractivity contribution in [2.45, 2.75) is 6.54 Å². The van der Waals surface area contributed by atoms with E-state index in [2.05, 4.69) is 0 Å². The fraction of sp³-hybridized carbons (Fsp3) is 0.200. The standard InChI is InChI=1S/C10H12NO.C5H5.Ni/c1-11(2)7-9-5-3-4-6-10(9)8-12;1-2-4-5-3-1;/h3-6H,7H2,1-2H3;1-5H;/q2*-1;. The van der Waals surface area contributed by atoms with Crippen LogP contribution in [0.5, 0.6) is 0 Å². The van der Waals surface area contributed by atoms with E-state index in [4.69, 9.17) is 0 Å². The van der Waals surface area contributed by atoms with Gasteiger partial charge in [0.2, 0.25) is 0 Å². The quantitative estimate of drug-likeness (QED) is 0.638. The Morgan fingerprint density at radius 3 is 2.17 bits per heavy atom. The van der Waals surface area contributed by atoms with Crippen LogP contribution in [0.25, 0.3) is 0 Å². The van der Waals surface area contributed by atoms with Crippen LogP contribution >= 0.6 is 0 Å². The molecule has 2 nitrogen and oxygen atoms in total. The van der Waals surface area contributed by atoms with Crippen LogP contribution in [0.15, 0.2) is 54.6 Å². The van der Waals surface area contributed by atoms with Gasteiger partial charge < -0.3 is 9.69 Å². The minimum Gasteiger partial charge on any atom is -0.376 e. The van der Waals surface area contributed by atoms with Gasteiger partial charge in [0.15, 0.2) is 0 Å². The molecule has 0 aliphatic heterocycles. The van der Waals surface area contributed by atoms with Crippen molar-refractivity contribution in [1.82, 2.24) is 4.90 Å². The molecular formula is C15H17NNiO-2. The summed E-state index contributed by atoms with van der Waals surface area (Å²) in [5, 5.41) is 0. The van der Waals surface area contributed by atoms with Crippen LogP contribution in [0, 0.1) is 0 Å². The number of carbonyl (C=O) groups excluding carboxylic acids is 1. The molecule has 0 spiro atoms. The molecule has 0 bridgehead atoms. The fourth-order valence-electron chi connectivity index (χ4n) is 1.42. The zero-order valence-corrected chi connectivity index (χ0v) is 11.6. The zero-order valence-electron chi connectivity index (χ0n) is 10.6. The first-order valence-electron chi connectivity index (χ1n) is 5.51. The first-order chi connectivity index (χ1) is 8.24. The molecule has 0 unspecified atom stereocenters. The number of nitrogens with zero attached hydrogens (tertiary/aromatic N) is 1. The molecule has 0 aliphatic carbocycles. The van der Waals surface area contributed by atoms with E-state index >= 15 is 0 Å². The summed E-state index contributed by atoms with van der Waals surface area (Å²) in [6, 6.07) is 17.5. The Morgan fingerprint density at radius 2 is 1.72 bits per heavy atom. The minimum absolute atomic E-state index is 0. The smallest absolute Gasteiger partial charge is 0.0630 e. The van der Waals surface area contributed by atoms with Crippen LogP contribution in [0.3, 0.4) is 0 Å². The van der Waals surface area contributed by atoms with Gasteiger partial charge in [0.1, 0.15) is 0 Å². The maximum absolute atomic E-state index is 10.5. The van der Waals surface area contributed by atoms with Gasteiger partial charge in [-0.15, -0.1) is 23.3 Å². The maximum atomic E-state index is 10.5. The molecule has 2 aromatic carbocycles. The van der Waals surface area contributed by atoms with Crippen molar-refractivity contribution in [1.29, 1.82) is 0 Å². The van der Waals surface area contributed by atoms with Crippen LogP contribution in [-0.2, 0) is 27.8 Å². The van der Waals surface area contributed by atoms with Crippen molar-refractivity contribution >= 4 is 6.29 Å². The van der Waals surface area contributed by atoms with Gasteiger partial charge in [-0.05, 0) is 20.6 Å². The molecule has 2 rings (SSSR count). The normalized spacial score (nSPS) is 9.06. The van der Waals surface area contributed by atoms with Crippen LogP contribution in [0.2, 0.25) is 0 Å². The van der Waals surface area contributed by atoms with E-state index in [0.29, 0.717) is 5.56 Å². The van der Waals surface area contributed by atoms with Gasteiger partial charge in [-0.3, -0.25) is 0 Å². The molecule has 100 valence electrons. The van der Waals surface area contributed by atoms with Gasteiger partial charge in [0.05, 0.1) is 6.29 Å². The van der Waals surface area contributed by atoms with E-state index in [1.54, 1.807) is 6.07 Å². The van der Waals surface area contributed by atoms with Crippen molar-refractivity contribution in [2.75, 3.05) is 14.1 Å². The van der Waals surface area contributed by atoms with E-state index in [0.717, 1.165) is 12.1 Å². The molecule has 0 aliphatic rings. The van der Waals surface area contributed by atoms with E-state index in [9.17, 15) is 4.79 Å². The van der Waals surface area contributed by atoms with E-state index < -0.39 is 0 Å². The van der Waals surface area contributed by atoms with Crippen molar-refractivity contribution in [3.05, 3.63) is 65.7 Å². The Bertz CT molecular complexity index is 407. The average Bonchev–Trinajstić information content (AvgIpc) is 2.87. The third-order valence-electron chi connectivity index (χ3n) is 2.17. The summed E-state index contributed by atoms with van der Waals surface area (Å²) in [7, 11) is 3.95. The Hall–Kier alpha value is -1.31. The first-order valence-corrected chi connectivity index (χ1v) is 5.51. The minimum atomic E-state index is 0. The average molecular weight is 286 g/mol. The van der Waals surface area contributed by atoms with Crippen molar-refractivity contribution in [3.63, 3.8) is 0 Å². The predicted octanol–water partition coefficient (Wildman–Crippen LogP) is 2.61. The van der Waals surface area contributed by atoms with Crippen LogP contribution < -0.4 is 0 Å².